The van der Waals surface area contributed by atoms with Gasteiger partial charge in [0.25, 0.3) is 0 Å². The highest BCUT2D eigenvalue weighted by Gasteiger charge is 2.25. The molecule has 3 rings (SSSR count). The summed E-state index contributed by atoms with van der Waals surface area (Å²) in [6, 6.07) is 9.79. The largest absolute Gasteiger partial charge is 0.493 e. The van der Waals surface area contributed by atoms with E-state index in [1.165, 1.54) is 0 Å². The van der Waals surface area contributed by atoms with Gasteiger partial charge < -0.3 is 30.7 Å². The highest BCUT2D eigenvalue weighted by atomic mass is 16.5. The maximum Gasteiger partial charge on any atom is 0.220 e. The summed E-state index contributed by atoms with van der Waals surface area (Å²) in [5, 5.41) is 6.67. The molecule has 0 atom stereocenters. The predicted octanol–water partition coefficient (Wildman–Crippen LogP) is 1.67. The second-order valence-electron chi connectivity index (χ2n) is 7.62. The Balaban J connectivity index is 1.58. The van der Waals surface area contributed by atoms with Gasteiger partial charge in [-0.3, -0.25) is 9.79 Å². The Hall–Kier alpha value is -3.49. The topological polar surface area (TPSA) is 114 Å². The Morgan fingerprint density at radius 3 is 2.53 bits per heavy atom. The lowest BCUT2D eigenvalue weighted by Crippen LogP contribution is -2.40. The highest BCUT2D eigenvalue weighted by molar-refractivity contribution is 5.80. The third-order valence-corrected chi connectivity index (χ3v) is 5.64. The number of hydrogen-bond acceptors (Lipinski definition) is 6. The lowest BCUT2D eigenvalue weighted by molar-refractivity contribution is -0.122. The number of primary amides is 1. The molecule has 0 saturated carbocycles. The first kappa shape index (κ1) is 23.2. The fourth-order valence-electron chi connectivity index (χ4n) is 3.80. The fourth-order valence-corrected chi connectivity index (χ4v) is 3.80. The number of hydrogen-bond donors (Lipinski definition) is 3. The number of carbonyl (C=O) groups excluding carboxylic acids is 1. The van der Waals surface area contributed by atoms with Gasteiger partial charge in [-0.2, -0.15) is 0 Å². The van der Waals surface area contributed by atoms with Gasteiger partial charge in [0.05, 0.1) is 14.2 Å². The number of nitrogens with one attached hydrogen (secondary N) is 2. The molecule has 1 aliphatic heterocycles. The molecule has 32 heavy (non-hydrogen) atoms. The van der Waals surface area contributed by atoms with Gasteiger partial charge in [-0.05, 0) is 36.6 Å². The van der Waals surface area contributed by atoms with Gasteiger partial charge in [-0.15, -0.1) is 0 Å². The van der Waals surface area contributed by atoms with Crippen LogP contribution in [0, 0.1) is 5.92 Å². The van der Waals surface area contributed by atoms with Gasteiger partial charge in [0.1, 0.15) is 5.82 Å². The van der Waals surface area contributed by atoms with Gasteiger partial charge in [0.15, 0.2) is 17.5 Å². The second-order valence-corrected chi connectivity index (χ2v) is 7.62. The van der Waals surface area contributed by atoms with Crippen LogP contribution in [-0.2, 0) is 17.9 Å². The molecule has 1 fully saturated rings. The molecule has 0 aliphatic carbocycles. The SMILES string of the molecule is CN=C(NCc1ccc(OC)c(OC)c1)NCc1cccnc1N1CCC(C(N)=O)CC1. The molecule has 172 valence electrons. The van der Waals surface area contributed by atoms with Crippen molar-refractivity contribution in [2.45, 2.75) is 25.9 Å². The van der Waals surface area contributed by atoms with Crippen molar-refractivity contribution in [3.63, 3.8) is 0 Å². The average molecular weight is 441 g/mol. The fraction of sp³-hybridized carbons (Fsp3) is 0.435. The molecule has 1 amide bonds. The van der Waals surface area contributed by atoms with Crippen LogP contribution in [0.3, 0.4) is 0 Å². The summed E-state index contributed by atoms with van der Waals surface area (Å²) >= 11 is 0. The van der Waals surface area contributed by atoms with Crippen LogP contribution < -0.4 is 30.7 Å². The summed E-state index contributed by atoms with van der Waals surface area (Å²) < 4.78 is 10.7. The van der Waals surface area contributed by atoms with E-state index in [1.807, 2.05) is 24.3 Å². The Kier molecular flexibility index (Phi) is 8.13. The normalized spacial score (nSPS) is 14.7. The number of nitrogens with zero attached hydrogens (tertiary/aromatic N) is 3. The lowest BCUT2D eigenvalue weighted by atomic mass is 9.96. The zero-order valence-corrected chi connectivity index (χ0v) is 18.9. The molecule has 2 aromatic rings. The standard InChI is InChI=1S/C23H32N6O3/c1-25-23(27-14-16-6-7-19(31-2)20(13-16)32-3)28-15-18-5-4-10-26-22(18)29-11-8-17(9-12-29)21(24)30/h4-7,10,13,17H,8-9,11-12,14-15H2,1-3H3,(H2,24,30)(H2,25,27,28). The van der Waals surface area contributed by atoms with Crippen molar-refractivity contribution >= 4 is 17.7 Å². The van der Waals surface area contributed by atoms with E-state index < -0.39 is 0 Å². The number of piperidine rings is 1. The number of rotatable bonds is 8. The van der Waals surface area contributed by atoms with Crippen molar-refractivity contribution in [3.05, 3.63) is 47.7 Å². The van der Waals surface area contributed by atoms with Crippen LogP contribution in [0.4, 0.5) is 5.82 Å². The number of guanidine groups is 1. The molecule has 1 aliphatic rings. The second kappa shape index (κ2) is 11.2. The summed E-state index contributed by atoms with van der Waals surface area (Å²) in [4.78, 5) is 22.6. The van der Waals surface area contributed by atoms with Crippen molar-refractivity contribution in [2.24, 2.45) is 16.6 Å². The maximum absolute atomic E-state index is 11.5. The lowest BCUT2D eigenvalue weighted by Gasteiger charge is -2.32. The molecule has 9 heteroatoms. The zero-order valence-electron chi connectivity index (χ0n) is 18.9. The number of aliphatic imine (C=N–C) groups is 1. The van der Waals surface area contributed by atoms with Crippen molar-refractivity contribution < 1.29 is 14.3 Å². The van der Waals surface area contributed by atoms with Crippen LogP contribution in [0.25, 0.3) is 0 Å². The van der Waals surface area contributed by atoms with Crippen molar-refractivity contribution in [1.82, 2.24) is 15.6 Å². The van der Waals surface area contributed by atoms with Crippen LogP contribution in [0.1, 0.15) is 24.0 Å². The summed E-state index contributed by atoms with van der Waals surface area (Å²) in [7, 11) is 4.98. The van der Waals surface area contributed by atoms with Crippen LogP contribution >= 0.6 is 0 Å². The van der Waals surface area contributed by atoms with Crippen molar-refractivity contribution in [2.75, 3.05) is 39.3 Å². The number of ether oxygens (including phenoxy) is 2. The number of nitrogens with two attached hydrogens (primary N) is 1. The minimum atomic E-state index is -0.211. The average Bonchev–Trinajstić information content (AvgIpc) is 2.84. The number of carbonyl (C=O) groups is 1. The van der Waals surface area contributed by atoms with E-state index in [-0.39, 0.29) is 11.8 Å². The number of amides is 1. The molecule has 1 aromatic carbocycles. The predicted molar refractivity (Wildman–Crippen MR) is 125 cm³/mol. The van der Waals surface area contributed by atoms with E-state index in [2.05, 4.69) is 31.6 Å². The van der Waals surface area contributed by atoms with Gasteiger partial charge in [-0.1, -0.05) is 12.1 Å². The number of aromatic nitrogens is 1. The minimum Gasteiger partial charge on any atom is -0.493 e. The Labute approximate surface area is 189 Å². The molecular weight excluding hydrogens is 408 g/mol. The maximum atomic E-state index is 11.5. The van der Waals surface area contributed by atoms with Gasteiger partial charge in [-0.25, -0.2) is 4.98 Å². The Morgan fingerprint density at radius 2 is 1.88 bits per heavy atom. The van der Waals surface area contributed by atoms with E-state index in [1.54, 1.807) is 27.5 Å². The number of benzene rings is 1. The molecule has 0 unspecified atom stereocenters. The summed E-state index contributed by atoms with van der Waals surface area (Å²) in [6.45, 7) is 2.69. The van der Waals surface area contributed by atoms with Crippen LogP contribution in [-0.4, -0.2) is 51.2 Å². The number of anilines is 1. The monoisotopic (exact) mass is 440 g/mol. The Bertz CT molecular complexity index is 941. The first-order valence-corrected chi connectivity index (χ1v) is 10.7. The number of pyridine rings is 1. The zero-order chi connectivity index (χ0) is 22.9. The minimum absolute atomic E-state index is 0.0452. The molecule has 1 aromatic heterocycles. The summed E-state index contributed by atoms with van der Waals surface area (Å²) in [5.74, 6) is 2.74. The van der Waals surface area contributed by atoms with E-state index >= 15 is 0 Å². The Morgan fingerprint density at radius 1 is 1.16 bits per heavy atom. The third-order valence-electron chi connectivity index (χ3n) is 5.64. The molecule has 4 N–H and O–H groups in total. The third kappa shape index (κ3) is 5.81. The van der Waals surface area contributed by atoms with Gasteiger partial charge in [0.2, 0.25) is 5.91 Å². The van der Waals surface area contributed by atoms with Crippen molar-refractivity contribution in [3.8, 4) is 11.5 Å². The summed E-state index contributed by atoms with van der Waals surface area (Å²) in [6.07, 6.45) is 3.31. The smallest absolute Gasteiger partial charge is 0.220 e. The molecular formula is C23H32N6O3. The highest BCUT2D eigenvalue weighted by Crippen LogP contribution is 2.27. The molecule has 9 nitrogen and oxygen atoms in total. The molecule has 0 bridgehead atoms. The van der Waals surface area contributed by atoms with Gasteiger partial charge >= 0.3 is 0 Å². The van der Waals surface area contributed by atoms with Crippen LogP contribution in [0.5, 0.6) is 11.5 Å². The molecule has 0 radical (unpaired) electrons. The summed E-state index contributed by atoms with van der Waals surface area (Å²) in [5.41, 5.74) is 7.58. The van der Waals surface area contributed by atoms with Crippen molar-refractivity contribution in [1.29, 1.82) is 0 Å². The van der Waals surface area contributed by atoms with E-state index in [9.17, 15) is 4.79 Å². The quantitative estimate of drug-likeness (QED) is 0.423. The molecule has 2 heterocycles. The molecule has 1 saturated heterocycles. The van der Waals surface area contributed by atoms with Crippen LogP contribution in [0.2, 0.25) is 0 Å². The molecule has 0 spiro atoms. The van der Waals surface area contributed by atoms with E-state index in [0.717, 1.165) is 42.9 Å². The van der Waals surface area contributed by atoms with Crippen LogP contribution in [0.15, 0.2) is 41.5 Å². The first-order valence-electron chi connectivity index (χ1n) is 10.7. The van der Waals surface area contributed by atoms with E-state index in [4.69, 9.17) is 15.2 Å². The number of methoxy groups -OCH3 is 2. The van der Waals surface area contributed by atoms with E-state index in [0.29, 0.717) is 30.5 Å². The van der Waals surface area contributed by atoms with Gasteiger partial charge in [0, 0.05) is 50.9 Å². The first-order chi connectivity index (χ1) is 15.5.